The van der Waals surface area contributed by atoms with Crippen molar-refractivity contribution in [1.29, 1.82) is 0 Å². The topological polar surface area (TPSA) is 15.3 Å². The monoisotopic (exact) mass is 224 g/mol. The summed E-state index contributed by atoms with van der Waals surface area (Å²) < 4.78 is 0. The van der Waals surface area contributed by atoms with Crippen LogP contribution in [0.2, 0.25) is 0 Å². The molecular formula is C14H28N2. The third-order valence-corrected chi connectivity index (χ3v) is 3.90. The lowest BCUT2D eigenvalue weighted by atomic mass is 9.75. The summed E-state index contributed by atoms with van der Waals surface area (Å²) in [6.45, 7) is 10.5. The molecule has 0 heterocycles. The molecule has 2 unspecified atom stereocenters. The third kappa shape index (κ3) is 3.60. The van der Waals surface area contributed by atoms with Gasteiger partial charge in [-0.2, -0.15) is 0 Å². The minimum absolute atomic E-state index is 0.368. The van der Waals surface area contributed by atoms with Crippen molar-refractivity contribution < 1.29 is 0 Å². The standard InChI is InChI=1S/C14H28N2/c1-12(2)10-15-11-14(16(4)5)8-6-7-13(3)9-14/h13,15H,1,6-11H2,2-5H3. The Kier molecular flexibility index (Phi) is 5.00. The van der Waals surface area contributed by atoms with Crippen LogP contribution >= 0.6 is 0 Å². The van der Waals surface area contributed by atoms with E-state index in [2.05, 4.69) is 44.7 Å². The molecule has 0 spiro atoms. The second-order valence-electron chi connectivity index (χ2n) is 5.88. The van der Waals surface area contributed by atoms with Crippen molar-refractivity contribution in [3.63, 3.8) is 0 Å². The van der Waals surface area contributed by atoms with Crippen molar-refractivity contribution in [2.24, 2.45) is 5.92 Å². The summed E-state index contributed by atoms with van der Waals surface area (Å²) >= 11 is 0. The molecule has 0 radical (unpaired) electrons. The Morgan fingerprint density at radius 1 is 1.50 bits per heavy atom. The Labute approximate surface area is 101 Å². The van der Waals surface area contributed by atoms with Crippen LogP contribution < -0.4 is 5.32 Å². The second kappa shape index (κ2) is 5.83. The Morgan fingerprint density at radius 2 is 2.19 bits per heavy atom. The fourth-order valence-electron chi connectivity index (χ4n) is 2.87. The molecular weight excluding hydrogens is 196 g/mol. The molecule has 1 fully saturated rings. The maximum Gasteiger partial charge on any atom is 0.0330 e. The molecule has 1 saturated carbocycles. The van der Waals surface area contributed by atoms with Gasteiger partial charge in [-0.3, -0.25) is 0 Å². The maximum absolute atomic E-state index is 3.94. The molecule has 1 aliphatic rings. The van der Waals surface area contributed by atoms with Crippen molar-refractivity contribution in [1.82, 2.24) is 10.2 Å². The van der Waals surface area contributed by atoms with Crippen LogP contribution in [0.1, 0.15) is 39.5 Å². The molecule has 0 amide bonds. The van der Waals surface area contributed by atoms with Gasteiger partial charge in [-0.05, 0) is 39.8 Å². The van der Waals surface area contributed by atoms with Gasteiger partial charge in [0.1, 0.15) is 0 Å². The predicted molar refractivity (Wildman–Crippen MR) is 71.7 cm³/mol. The van der Waals surface area contributed by atoms with E-state index < -0.39 is 0 Å². The number of nitrogens with zero attached hydrogens (tertiary/aromatic N) is 1. The van der Waals surface area contributed by atoms with E-state index in [4.69, 9.17) is 0 Å². The molecule has 1 aliphatic carbocycles. The summed E-state index contributed by atoms with van der Waals surface area (Å²) in [4.78, 5) is 2.42. The molecule has 94 valence electrons. The summed E-state index contributed by atoms with van der Waals surface area (Å²) in [7, 11) is 4.45. The first kappa shape index (κ1) is 13.7. The van der Waals surface area contributed by atoms with Crippen molar-refractivity contribution in [3.05, 3.63) is 12.2 Å². The van der Waals surface area contributed by atoms with Gasteiger partial charge in [0.05, 0.1) is 0 Å². The minimum atomic E-state index is 0.368. The van der Waals surface area contributed by atoms with E-state index in [0.717, 1.165) is 19.0 Å². The van der Waals surface area contributed by atoms with Crippen LogP contribution in [0.25, 0.3) is 0 Å². The number of nitrogens with one attached hydrogen (secondary N) is 1. The fourth-order valence-corrected chi connectivity index (χ4v) is 2.87. The van der Waals surface area contributed by atoms with Gasteiger partial charge in [0.2, 0.25) is 0 Å². The Morgan fingerprint density at radius 3 is 2.69 bits per heavy atom. The highest BCUT2D eigenvalue weighted by atomic mass is 15.2. The first-order valence-corrected chi connectivity index (χ1v) is 6.49. The molecule has 1 N–H and O–H groups in total. The SMILES string of the molecule is C=C(C)CNCC1(N(C)C)CCCC(C)C1. The van der Waals surface area contributed by atoms with Crippen molar-refractivity contribution in [2.45, 2.75) is 45.1 Å². The van der Waals surface area contributed by atoms with Gasteiger partial charge in [-0.25, -0.2) is 0 Å². The highest BCUT2D eigenvalue weighted by molar-refractivity contribution is 4.97. The van der Waals surface area contributed by atoms with Crippen molar-refractivity contribution >= 4 is 0 Å². The quantitative estimate of drug-likeness (QED) is 0.722. The molecule has 0 aromatic heterocycles. The lowest BCUT2D eigenvalue weighted by Gasteiger charge is -2.45. The van der Waals surface area contributed by atoms with E-state index in [9.17, 15) is 0 Å². The van der Waals surface area contributed by atoms with Crippen LogP contribution in [0, 0.1) is 5.92 Å². The molecule has 0 aromatic rings. The first-order valence-electron chi connectivity index (χ1n) is 6.49. The summed E-state index contributed by atoms with van der Waals surface area (Å²) in [6.07, 6.45) is 5.42. The molecule has 0 aromatic carbocycles. The van der Waals surface area contributed by atoms with Crippen LogP contribution in [0.5, 0.6) is 0 Å². The fraction of sp³-hybridized carbons (Fsp3) is 0.857. The van der Waals surface area contributed by atoms with E-state index in [1.54, 1.807) is 0 Å². The van der Waals surface area contributed by atoms with Gasteiger partial charge in [-0.15, -0.1) is 0 Å². The summed E-state index contributed by atoms with van der Waals surface area (Å²) in [5.74, 6) is 0.864. The number of hydrogen-bond donors (Lipinski definition) is 1. The zero-order chi connectivity index (χ0) is 12.2. The zero-order valence-corrected chi connectivity index (χ0v) is 11.5. The van der Waals surface area contributed by atoms with Gasteiger partial charge in [0.25, 0.3) is 0 Å². The highest BCUT2D eigenvalue weighted by Crippen LogP contribution is 2.35. The predicted octanol–water partition coefficient (Wildman–Crippen LogP) is 2.66. The van der Waals surface area contributed by atoms with Crippen LogP contribution in [-0.2, 0) is 0 Å². The Balaban J connectivity index is 2.54. The van der Waals surface area contributed by atoms with Crippen molar-refractivity contribution in [2.75, 3.05) is 27.2 Å². The Hall–Kier alpha value is -0.340. The van der Waals surface area contributed by atoms with Gasteiger partial charge < -0.3 is 10.2 Å². The molecule has 2 atom stereocenters. The molecule has 0 aliphatic heterocycles. The summed E-state index contributed by atoms with van der Waals surface area (Å²) in [5, 5.41) is 3.56. The maximum atomic E-state index is 3.94. The van der Waals surface area contributed by atoms with Gasteiger partial charge in [0.15, 0.2) is 0 Å². The number of likely N-dealkylation sites (N-methyl/N-ethyl adjacent to an activating group) is 1. The van der Waals surface area contributed by atoms with E-state index in [1.807, 2.05) is 0 Å². The number of rotatable bonds is 5. The lowest BCUT2D eigenvalue weighted by Crippen LogP contribution is -2.54. The van der Waals surface area contributed by atoms with E-state index in [1.165, 1.54) is 31.3 Å². The Bertz CT molecular complexity index is 235. The number of hydrogen-bond acceptors (Lipinski definition) is 2. The largest absolute Gasteiger partial charge is 0.311 e. The van der Waals surface area contributed by atoms with Crippen molar-refractivity contribution in [3.8, 4) is 0 Å². The minimum Gasteiger partial charge on any atom is -0.311 e. The van der Waals surface area contributed by atoms with Gasteiger partial charge in [0, 0.05) is 18.6 Å². The first-order chi connectivity index (χ1) is 7.46. The molecule has 2 nitrogen and oxygen atoms in total. The molecule has 0 bridgehead atoms. The second-order valence-corrected chi connectivity index (χ2v) is 5.88. The lowest BCUT2D eigenvalue weighted by molar-refractivity contribution is 0.0761. The molecule has 1 rings (SSSR count). The normalized spacial score (nSPS) is 30.7. The molecule has 16 heavy (non-hydrogen) atoms. The van der Waals surface area contributed by atoms with E-state index in [0.29, 0.717) is 5.54 Å². The highest BCUT2D eigenvalue weighted by Gasteiger charge is 2.36. The van der Waals surface area contributed by atoms with Gasteiger partial charge in [-0.1, -0.05) is 31.9 Å². The van der Waals surface area contributed by atoms with Crippen LogP contribution in [0.4, 0.5) is 0 Å². The summed E-state index contributed by atoms with van der Waals surface area (Å²) in [5.41, 5.74) is 1.59. The summed E-state index contributed by atoms with van der Waals surface area (Å²) in [6, 6.07) is 0. The van der Waals surface area contributed by atoms with E-state index in [-0.39, 0.29) is 0 Å². The van der Waals surface area contributed by atoms with Crippen LogP contribution in [0.3, 0.4) is 0 Å². The average molecular weight is 224 g/mol. The average Bonchev–Trinajstić information content (AvgIpc) is 2.16. The molecule has 0 saturated heterocycles. The van der Waals surface area contributed by atoms with Gasteiger partial charge >= 0.3 is 0 Å². The smallest absolute Gasteiger partial charge is 0.0330 e. The van der Waals surface area contributed by atoms with Crippen LogP contribution in [-0.4, -0.2) is 37.6 Å². The van der Waals surface area contributed by atoms with Crippen LogP contribution in [0.15, 0.2) is 12.2 Å². The third-order valence-electron chi connectivity index (χ3n) is 3.90. The zero-order valence-electron chi connectivity index (χ0n) is 11.5. The molecule has 2 heteroatoms. The van der Waals surface area contributed by atoms with E-state index >= 15 is 0 Å².